The number of phosphoric ester groups is 1. The number of phosphoric acid groups is 1. The smallest absolute Gasteiger partial charge is 0.268 e. The predicted octanol–water partition coefficient (Wildman–Crippen LogP) is 16.5. The second-order valence-corrected chi connectivity index (χ2v) is 21.7. The molecule has 2 N–H and O–H groups in total. The van der Waals surface area contributed by atoms with Crippen LogP contribution in [0.1, 0.15) is 245 Å². The monoisotopic (exact) mass is 973 g/mol. The normalized spacial score (nSPS) is 14.5. The molecule has 8 nitrogen and oxygen atoms in total. The van der Waals surface area contributed by atoms with E-state index in [-0.39, 0.29) is 12.5 Å². The third-order valence-corrected chi connectivity index (χ3v) is 13.4. The predicted molar refractivity (Wildman–Crippen MR) is 293 cm³/mol. The van der Waals surface area contributed by atoms with Crippen molar-refractivity contribution in [2.45, 2.75) is 257 Å². The van der Waals surface area contributed by atoms with Crippen LogP contribution >= 0.6 is 7.82 Å². The van der Waals surface area contributed by atoms with Gasteiger partial charge in [0.25, 0.3) is 7.82 Å². The van der Waals surface area contributed by atoms with Gasteiger partial charge in [-0.15, -0.1) is 0 Å². The van der Waals surface area contributed by atoms with Crippen molar-refractivity contribution in [3.63, 3.8) is 0 Å². The molecule has 396 valence electrons. The zero-order valence-electron chi connectivity index (χ0n) is 45.0. The lowest BCUT2D eigenvalue weighted by atomic mass is 10.0. The number of allylic oxidation sites excluding steroid dienone is 11. The van der Waals surface area contributed by atoms with Crippen LogP contribution in [-0.4, -0.2) is 68.5 Å². The quantitative estimate of drug-likeness (QED) is 0.0272. The van der Waals surface area contributed by atoms with Gasteiger partial charge in [0.1, 0.15) is 13.2 Å². The molecule has 0 saturated heterocycles. The van der Waals surface area contributed by atoms with E-state index < -0.39 is 26.6 Å². The van der Waals surface area contributed by atoms with Gasteiger partial charge in [0.05, 0.1) is 39.9 Å². The van der Waals surface area contributed by atoms with Crippen molar-refractivity contribution in [1.29, 1.82) is 0 Å². The maximum atomic E-state index is 12.9. The lowest BCUT2D eigenvalue weighted by Gasteiger charge is -2.29. The van der Waals surface area contributed by atoms with Gasteiger partial charge in [0.15, 0.2) is 0 Å². The highest BCUT2D eigenvalue weighted by atomic mass is 31.2. The Labute approximate surface area is 421 Å². The fourth-order valence-electron chi connectivity index (χ4n) is 7.98. The molecule has 0 aromatic heterocycles. The minimum Gasteiger partial charge on any atom is -0.756 e. The topological polar surface area (TPSA) is 108 Å². The van der Waals surface area contributed by atoms with Crippen LogP contribution in [0, 0.1) is 0 Å². The number of unbranched alkanes of at least 4 members (excludes halogenated alkanes) is 28. The van der Waals surface area contributed by atoms with Crippen molar-refractivity contribution in [1.82, 2.24) is 5.32 Å². The van der Waals surface area contributed by atoms with E-state index in [0.717, 1.165) is 64.2 Å². The summed E-state index contributed by atoms with van der Waals surface area (Å²) in [7, 11) is 1.24. The van der Waals surface area contributed by atoms with Crippen LogP contribution in [0.25, 0.3) is 0 Å². The first-order valence-corrected chi connectivity index (χ1v) is 29.8. The van der Waals surface area contributed by atoms with Gasteiger partial charge in [-0.25, -0.2) is 0 Å². The fraction of sp³-hybridized carbons (Fsp3) is 0.780. The first-order valence-electron chi connectivity index (χ1n) is 28.3. The van der Waals surface area contributed by atoms with E-state index in [2.05, 4.69) is 79.9 Å². The summed E-state index contributed by atoms with van der Waals surface area (Å²) in [6.07, 6.45) is 68.8. The minimum atomic E-state index is -4.59. The molecule has 0 bridgehead atoms. The zero-order valence-corrected chi connectivity index (χ0v) is 45.9. The van der Waals surface area contributed by atoms with Gasteiger partial charge in [-0.05, 0) is 70.6 Å². The van der Waals surface area contributed by atoms with Crippen molar-refractivity contribution >= 4 is 13.7 Å². The SMILES string of the molecule is CC/C=C\C/C=C\C/C=C\C/C=C\CCCCCCCCCCCCCCCCCCCCCCCCCCC(=O)NC(COP(=O)([O-])OCC[N+](C)(C)C)C(O)/C=C/CC/C=C/CCCCC. The number of aliphatic hydroxyl groups excluding tert-OH is 1. The highest BCUT2D eigenvalue weighted by Crippen LogP contribution is 2.38. The second-order valence-electron chi connectivity index (χ2n) is 20.3. The molecule has 0 aliphatic carbocycles. The van der Waals surface area contributed by atoms with Crippen molar-refractivity contribution in [3.8, 4) is 0 Å². The van der Waals surface area contributed by atoms with Crippen LogP contribution in [0.3, 0.4) is 0 Å². The Morgan fingerprint density at radius 2 is 0.912 bits per heavy atom. The largest absolute Gasteiger partial charge is 0.756 e. The van der Waals surface area contributed by atoms with Crippen molar-refractivity contribution < 1.29 is 32.9 Å². The third-order valence-electron chi connectivity index (χ3n) is 12.4. The number of nitrogens with one attached hydrogen (secondary N) is 1. The van der Waals surface area contributed by atoms with Crippen LogP contribution < -0.4 is 10.2 Å². The summed E-state index contributed by atoms with van der Waals surface area (Å²) < 4.78 is 23.2. The number of rotatable bonds is 51. The summed E-state index contributed by atoms with van der Waals surface area (Å²) in [5.41, 5.74) is 0. The molecule has 0 heterocycles. The summed E-state index contributed by atoms with van der Waals surface area (Å²) in [4.78, 5) is 25.3. The number of aliphatic hydroxyl groups is 1. The van der Waals surface area contributed by atoms with Gasteiger partial charge in [0, 0.05) is 6.42 Å². The molecule has 3 atom stereocenters. The highest BCUT2D eigenvalue weighted by molar-refractivity contribution is 7.45. The minimum absolute atomic E-state index is 0.00703. The molecule has 1 amide bonds. The van der Waals surface area contributed by atoms with E-state index >= 15 is 0 Å². The Morgan fingerprint density at radius 1 is 0.529 bits per heavy atom. The summed E-state index contributed by atoms with van der Waals surface area (Å²) in [5, 5.41) is 13.7. The van der Waals surface area contributed by atoms with Crippen LogP contribution in [0.4, 0.5) is 0 Å². The third kappa shape index (κ3) is 51.8. The molecule has 0 aromatic rings. The van der Waals surface area contributed by atoms with Gasteiger partial charge in [0.2, 0.25) is 5.91 Å². The molecule has 9 heteroatoms. The number of hydrogen-bond donors (Lipinski definition) is 2. The molecule has 3 unspecified atom stereocenters. The number of carbonyl (C=O) groups excluding carboxylic acids is 1. The molecule has 0 radical (unpaired) electrons. The van der Waals surface area contributed by atoms with E-state index in [1.165, 1.54) is 161 Å². The number of hydrogen-bond acceptors (Lipinski definition) is 6. The number of nitrogens with zero attached hydrogens (tertiary/aromatic N) is 1. The first kappa shape index (κ1) is 65.9. The lowest BCUT2D eigenvalue weighted by Crippen LogP contribution is -2.45. The first-order chi connectivity index (χ1) is 33.0. The molecule has 0 aliphatic rings. The summed E-state index contributed by atoms with van der Waals surface area (Å²) >= 11 is 0. The van der Waals surface area contributed by atoms with E-state index in [0.29, 0.717) is 17.4 Å². The Bertz CT molecular complexity index is 1330. The van der Waals surface area contributed by atoms with Crippen molar-refractivity contribution in [2.24, 2.45) is 0 Å². The molecule has 0 rings (SSSR count). The average molecular weight is 974 g/mol. The zero-order chi connectivity index (χ0) is 49.9. The molecule has 68 heavy (non-hydrogen) atoms. The van der Waals surface area contributed by atoms with Gasteiger partial charge in [-0.2, -0.15) is 0 Å². The molecular weight excluding hydrogens is 864 g/mol. The van der Waals surface area contributed by atoms with Gasteiger partial charge in [-0.3, -0.25) is 9.36 Å². The number of carbonyl (C=O) groups is 1. The Morgan fingerprint density at radius 3 is 1.37 bits per heavy atom. The number of quaternary nitrogens is 1. The van der Waals surface area contributed by atoms with Crippen molar-refractivity contribution in [3.05, 3.63) is 72.9 Å². The van der Waals surface area contributed by atoms with E-state index in [9.17, 15) is 19.4 Å². The van der Waals surface area contributed by atoms with E-state index in [4.69, 9.17) is 9.05 Å². The molecule has 0 saturated carbocycles. The summed E-state index contributed by atoms with van der Waals surface area (Å²) in [6.45, 7) is 4.46. The molecule has 0 aromatic carbocycles. The molecule has 0 fully saturated rings. The van der Waals surface area contributed by atoms with Crippen LogP contribution in [0.5, 0.6) is 0 Å². The second kappa shape index (κ2) is 49.9. The van der Waals surface area contributed by atoms with E-state index in [1.54, 1.807) is 6.08 Å². The van der Waals surface area contributed by atoms with Gasteiger partial charge in [-0.1, -0.05) is 241 Å². The van der Waals surface area contributed by atoms with Gasteiger partial charge >= 0.3 is 0 Å². The molecule has 0 aliphatic heterocycles. The van der Waals surface area contributed by atoms with Crippen LogP contribution in [0.15, 0.2) is 72.9 Å². The van der Waals surface area contributed by atoms with Gasteiger partial charge < -0.3 is 28.8 Å². The summed E-state index contributed by atoms with van der Waals surface area (Å²) in [5.74, 6) is -0.208. The summed E-state index contributed by atoms with van der Waals surface area (Å²) in [6, 6.07) is -0.901. The van der Waals surface area contributed by atoms with Crippen molar-refractivity contribution in [2.75, 3.05) is 40.9 Å². The Balaban J connectivity index is 3.86. The number of amides is 1. The average Bonchev–Trinajstić information content (AvgIpc) is 3.30. The maximum absolute atomic E-state index is 12.9. The highest BCUT2D eigenvalue weighted by Gasteiger charge is 2.23. The molecule has 0 spiro atoms. The van der Waals surface area contributed by atoms with E-state index in [1.807, 2.05) is 27.2 Å². The lowest BCUT2D eigenvalue weighted by molar-refractivity contribution is -0.870. The van der Waals surface area contributed by atoms with Crippen LogP contribution in [0.2, 0.25) is 0 Å². The maximum Gasteiger partial charge on any atom is 0.268 e. The fourth-order valence-corrected chi connectivity index (χ4v) is 8.71. The Kier molecular flexibility index (Phi) is 48.4. The Hall–Kier alpha value is -2.06. The standard InChI is InChI=1S/C59H109N2O6P/c1-6-8-10-12-14-16-17-18-19-20-21-22-23-24-25-26-27-28-29-30-31-32-33-34-35-36-37-38-39-40-41-42-43-45-47-49-51-53-59(63)60-57(56-67-68(64,65)66-55-54-61(3,4)5)58(62)52-50-48-46-44-15-13-11-9-7-2/h8,10,14-16,18-19,21-22,44,50,52,57-58,62H,6-7,9,11-13,17,20,23-43,45-49,51,53-56H2,1-5H3,(H-,60,63,64,65)/b10-8-,16-14-,19-18-,22-21-,44-15+,52-50+. The number of likely N-dealkylation sites (N-methyl/N-ethyl adjacent to an activating group) is 1. The molecular formula is C59H109N2O6P. The van der Waals surface area contributed by atoms with Crippen LogP contribution in [-0.2, 0) is 18.4 Å².